The molecule has 0 radical (unpaired) electrons. The van der Waals surface area contributed by atoms with Crippen molar-refractivity contribution in [3.8, 4) is 0 Å². The van der Waals surface area contributed by atoms with E-state index in [-0.39, 0.29) is 0 Å². The van der Waals surface area contributed by atoms with Crippen LogP contribution in [0.1, 0.15) is 27.7 Å². The topological polar surface area (TPSA) is 76.7 Å². The minimum atomic E-state index is -1.28. The van der Waals surface area contributed by atoms with Crippen LogP contribution in [-0.4, -0.2) is 31.1 Å². The summed E-state index contributed by atoms with van der Waals surface area (Å²) in [4.78, 5) is 22.1. The average Bonchev–Trinajstić information content (AvgIpc) is 2.01. The first-order valence-corrected chi connectivity index (χ1v) is 4.85. The summed E-state index contributed by atoms with van der Waals surface area (Å²) in [5.41, 5.74) is 0. The van der Waals surface area contributed by atoms with E-state index in [1.807, 2.05) is 0 Å². The van der Waals surface area contributed by atoms with Crippen LogP contribution in [0, 0.1) is 0 Å². The van der Waals surface area contributed by atoms with Crippen LogP contribution in [-0.2, 0) is 9.47 Å². The van der Waals surface area contributed by atoms with Gasteiger partial charge in [-0.15, -0.1) is 0 Å². The standard InChI is InChI=1S/C9H18N2O4/c1-5-10-7(12)14-9(3,4)15-8(13)11-6-2/h5-6H2,1-4H3,(H,10,12)(H,11,13). The molecule has 15 heavy (non-hydrogen) atoms. The Morgan fingerprint density at radius 3 is 1.60 bits per heavy atom. The largest absolute Gasteiger partial charge is 0.410 e. The Morgan fingerprint density at radius 1 is 1.00 bits per heavy atom. The molecule has 0 fully saturated rings. The predicted octanol–water partition coefficient (Wildman–Crippen LogP) is 1.21. The fourth-order valence-electron chi connectivity index (χ4n) is 0.828. The van der Waals surface area contributed by atoms with Crippen molar-refractivity contribution in [1.82, 2.24) is 10.6 Å². The number of amides is 2. The third kappa shape index (κ3) is 6.59. The molecular weight excluding hydrogens is 200 g/mol. The third-order valence-corrected chi connectivity index (χ3v) is 1.32. The SMILES string of the molecule is CCNC(=O)OC(C)(C)OC(=O)NCC. The molecule has 0 aliphatic heterocycles. The molecule has 0 spiro atoms. The molecular formula is C9H18N2O4. The molecule has 6 nitrogen and oxygen atoms in total. The first-order valence-electron chi connectivity index (χ1n) is 4.85. The Balaban J connectivity index is 4.05. The van der Waals surface area contributed by atoms with E-state index in [1.54, 1.807) is 13.8 Å². The van der Waals surface area contributed by atoms with E-state index in [0.29, 0.717) is 13.1 Å². The first-order chi connectivity index (χ1) is 6.91. The van der Waals surface area contributed by atoms with Gasteiger partial charge < -0.3 is 20.1 Å². The van der Waals surface area contributed by atoms with Gasteiger partial charge in [0.25, 0.3) is 5.79 Å². The zero-order valence-electron chi connectivity index (χ0n) is 9.55. The average molecular weight is 218 g/mol. The Morgan fingerprint density at radius 2 is 1.33 bits per heavy atom. The maximum Gasteiger partial charge on any atom is 0.410 e. The van der Waals surface area contributed by atoms with Gasteiger partial charge in [-0.25, -0.2) is 9.59 Å². The number of carbonyl (C=O) groups is 2. The lowest BCUT2D eigenvalue weighted by Crippen LogP contribution is -2.40. The number of hydrogen-bond donors (Lipinski definition) is 2. The lowest BCUT2D eigenvalue weighted by molar-refractivity contribution is -0.134. The third-order valence-electron chi connectivity index (χ3n) is 1.32. The van der Waals surface area contributed by atoms with Crippen LogP contribution in [0.3, 0.4) is 0 Å². The van der Waals surface area contributed by atoms with Gasteiger partial charge in [-0.05, 0) is 13.8 Å². The second-order valence-electron chi connectivity index (χ2n) is 3.24. The van der Waals surface area contributed by atoms with Crippen LogP contribution in [0.4, 0.5) is 9.59 Å². The molecule has 0 aromatic rings. The van der Waals surface area contributed by atoms with Crippen molar-refractivity contribution in [2.24, 2.45) is 0 Å². The summed E-state index contributed by atoms with van der Waals surface area (Å²) >= 11 is 0. The highest BCUT2D eigenvalue weighted by Crippen LogP contribution is 2.11. The van der Waals surface area contributed by atoms with E-state index in [2.05, 4.69) is 10.6 Å². The highest BCUT2D eigenvalue weighted by molar-refractivity contribution is 5.69. The summed E-state index contributed by atoms with van der Waals surface area (Å²) in [5.74, 6) is -1.28. The molecule has 0 aromatic heterocycles. The Kier molecular flexibility index (Phi) is 5.51. The zero-order valence-corrected chi connectivity index (χ0v) is 9.55. The predicted molar refractivity (Wildman–Crippen MR) is 54.4 cm³/mol. The monoisotopic (exact) mass is 218 g/mol. The Bertz CT molecular complexity index is 206. The maximum atomic E-state index is 11.1. The Hall–Kier alpha value is -1.46. The van der Waals surface area contributed by atoms with Gasteiger partial charge >= 0.3 is 12.2 Å². The van der Waals surface area contributed by atoms with Crippen molar-refractivity contribution in [3.05, 3.63) is 0 Å². The number of carbonyl (C=O) groups excluding carboxylic acids is 2. The van der Waals surface area contributed by atoms with Crippen molar-refractivity contribution in [2.45, 2.75) is 33.5 Å². The lowest BCUT2D eigenvalue weighted by atomic mass is 10.4. The van der Waals surface area contributed by atoms with Crippen LogP contribution >= 0.6 is 0 Å². The lowest BCUT2D eigenvalue weighted by Gasteiger charge is -2.24. The van der Waals surface area contributed by atoms with Gasteiger partial charge in [0, 0.05) is 26.9 Å². The fraction of sp³-hybridized carbons (Fsp3) is 0.778. The molecule has 0 aromatic carbocycles. The molecule has 2 amide bonds. The minimum Gasteiger partial charge on any atom is -0.407 e. The van der Waals surface area contributed by atoms with Crippen LogP contribution in [0.2, 0.25) is 0 Å². The number of alkyl carbamates (subject to hydrolysis) is 2. The van der Waals surface area contributed by atoms with E-state index < -0.39 is 18.0 Å². The van der Waals surface area contributed by atoms with Gasteiger partial charge in [0.05, 0.1) is 0 Å². The number of hydrogen-bond acceptors (Lipinski definition) is 4. The van der Waals surface area contributed by atoms with Crippen molar-refractivity contribution in [2.75, 3.05) is 13.1 Å². The summed E-state index contributed by atoms with van der Waals surface area (Å²) in [6.07, 6.45) is -1.24. The summed E-state index contributed by atoms with van der Waals surface area (Å²) in [5, 5.41) is 4.87. The van der Waals surface area contributed by atoms with E-state index >= 15 is 0 Å². The molecule has 6 heteroatoms. The second-order valence-corrected chi connectivity index (χ2v) is 3.24. The van der Waals surface area contributed by atoms with Gasteiger partial charge in [-0.1, -0.05) is 0 Å². The van der Waals surface area contributed by atoms with Crippen LogP contribution in [0.25, 0.3) is 0 Å². The molecule has 0 atom stereocenters. The van der Waals surface area contributed by atoms with Gasteiger partial charge in [0.1, 0.15) is 0 Å². The van der Waals surface area contributed by atoms with Crippen LogP contribution in [0.15, 0.2) is 0 Å². The molecule has 0 aliphatic carbocycles. The van der Waals surface area contributed by atoms with E-state index in [4.69, 9.17) is 9.47 Å². The fourth-order valence-corrected chi connectivity index (χ4v) is 0.828. The van der Waals surface area contributed by atoms with Gasteiger partial charge in [-0.2, -0.15) is 0 Å². The van der Waals surface area contributed by atoms with Crippen molar-refractivity contribution in [1.29, 1.82) is 0 Å². The Labute approximate surface area is 89.3 Å². The summed E-state index contributed by atoms with van der Waals surface area (Å²) < 4.78 is 9.72. The number of nitrogens with one attached hydrogen (secondary N) is 2. The molecule has 0 aliphatic rings. The quantitative estimate of drug-likeness (QED) is 0.695. The van der Waals surface area contributed by atoms with Crippen LogP contribution in [0.5, 0.6) is 0 Å². The van der Waals surface area contributed by atoms with Crippen molar-refractivity contribution >= 4 is 12.2 Å². The van der Waals surface area contributed by atoms with Crippen LogP contribution < -0.4 is 10.6 Å². The van der Waals surface area contributed by atoms with Crippen molar-refractivity contribution < 1.29 is 19.1 Å². The molecule has 0 saturated heterocycles. The normalized spacial score (nSPS) is 10.4. The highest BCUT2D eigenvalue weighted by atomic mass is 16.7. The number of rotatable bonds is 4. The molecule has 0 saturated carbocycles. The zero-order chi connectivity index (χ0) is 11.9. The molecule has 0 rings (SSSR count). The maximum absolute atomic E-state index is 11.1. The minimum absolute atomic E-state index is 0.454. The van der Waals surface area contributed by atoms with Gasteiger partial charge in [-0.3, -0.25) is 0 Å². The molecule has 0 heterocycles. The van der Waals surface area contributed by atoms with Gasteiger partial charge in [0.2, 0.25) is 0 Å². The van der Waals surface area contributed by atoms with E-state index in [1.165, 1.54) is 13.8 Å². The highest BCUT2D eigenvalue weighted by Gasteiger charge is 2.26. The molecule has 0 unspecified atom stereocenters. The smallest absolute Gasteiger partial charge is 0.407 e. The molecule has 88 valence electrons. The summed E-state index contributed by atoms with van der Waals surface area (Å²) in [6.45, 7) is 7.40. The molecule has 0 bridgehead atoms. The molecule has 2 N–H and O–H groups in total. The number of ether oxygens (including phenoxy) is 2. The summed E-state index contributed by atoms with van der Waals surface area (Å²) in [7, 11) is 0. The van der Waals surface area contributed by atoms with Gasteiger partial charge in [0.15, 0.2) is 0 Å². The van der Waals surface area contributed by atoms with E-state index in [9.17, 15) is 9.59 Å². The summed E-state index contributed by atoms with van der Waals surface area (Å²) in [6, 6.07) is 0. The first kappa shape index (κ1) is 13.5. The van der Waals surface area contributed by atoms with E-state index in [0.717, 1.165) is 0 Å². The second kappa shape index (κ2) is 6.10. The van der Waals surface area contributed by atoms with Crippen molar-refractivity contribution in [3.63, 3.8) is 0 Å².